The molecule has 0 aliphatic carbocycles. The maximum absolute atomic E-state index is 12.9. The summed E-state index contributed by atoms with van der Waals surface area (Å²) in [6.45, 7) is 7.37. The van der Waals surface area contributed by atoms with E-state index in [9.17, 15) is 9.59 Å². The fraction of sp³-hybridized carbons (Fsp3) is 0.462. The molecule has 0 N–H and O–H groups in total. The summed E-state index contributed by atoms with van der Waals surface area (Å²) in [7, 11) is 0. The number of unbranched alkanes of at least 4 members (excludes halogenated alkanes) is 1. The second-order valence-electron chi connectivity index (χ2n) is 7.56. The molecule has 6 nitrogen and oxygen atoms in total. The number of carbonyl (C=O) groups is 2. The second kappa shape index (κ2) is 14.1. The monoisotopic (exact) mass is 441 g/mol. The quantitative estimate of drug-likeness (QED) is 0.298. The molecule has 0 aliphatic heterocycles. The molecule has 0 spiro atoms. The number of hydrogen-bond donors (Lipinski definition) is 0. The third-order valence-electron chi connectivity index (χ3n) is 4.81. The van der Waals surface area contributed by atoms with Crippen molar-refractivity contribution in [1.29, 1.82) is 0 Å². The Bertz CT molecular complexity index is 804. The average molecular weight is 442 g/mol. The number of esters is 2. The van der Waals surface area contributed by atoms with E-state index in [2.05, 4.69) is 6.92 Å². The standard InChI is InChI=1S/C26H35NO5/c1-4-7-16-27(24(25(28)30-17-5-2)26(29)31-18-6-3)22-14-11-15-23(19-22)32-20-21-12-9-8-10-13-21/h8-15,19,24H,4-7,16-18,20H2,1-3H3. The van der Waals surface area contributed by atoms with Gasteiger partial charge in [0.1, 0.15) is 12.4 Å². The van der Waals surface area contributed by atoms with Crippen molar-refractivity contribution in [3.8, 4) is 5.75 Å². The first kappa shape index (κ1) is 25.2. The lowest BCUT2D eigenvalue weighted by Crippen LogP contribution is -2.49. The molecule has 0 fully saturated rings. The Morgan fingerprint density at radius 3 is 2.09 bits per heavy atom. The Morgan fingerprint density at radius 2 is 1.50 bits per heavy atom. The zero-order valence-corrected chi connectivity index (χ0v) is 19.4. The number of carbonyl (C=O) groups excluding carboxylic acids is 2. The lowest BCUT2D eigenvalue weighted by Gasteiger charge is -2.31. The van der Waals surface area contributed by atoms with Gasteiger partial charge in [-0.1, -0.05) is 63.6 Å². The van der Waals surface area contributed by atoms with Crippen LogP contribution in [0.5, 0.6) is 5.75 Å². The van der Waals surface area contributed by atoms with Crippen molar-refractivity contribution in [3.63, 3.8) is 0 Å². The predicted molar refractivity (Wildman–Crippen MR) is 126 cm³/mol. The summed E-state index contributed by atoms with van der Waals surface area (Å²) in [5, 5.41) is 0. The minimum absolute atomic E-state index is 0.262. The van der Waals surface area contributed by atoms with Crippen molar-refractivity contribution in [3.05, 3.63) is 60.2 Å². The molecule has 0 aromatic heterocycles. The first-order valence-corrected chi connectivity index (χ1v) is 11.5. The van der Waals surface area contributed by atoms with Crippen LogP contribution in [0.2, 0.25) is 0 Å². The summed E-state index contributed by atoms with van der Waals surface area (Å²) in [6.07, 6.45) is 3.09. The van der Waals surface area contributed by atoms with Crippen LogP contribution in [0.3, 0.4) is 0 Å². The SMILES string of the molecule is CCCCN(c1cccc(OCc2ccccc2)c1)C(C(=O)OCCC)C(=O)OCCC. The van der Waals surface area contributed by atoms with Crippen LogP contribution in [0.15, 0.2) is 54.6 Å². The van der Waals surface area contributed by atoms with Crippen molar-refractivity contribution in [2.24, 2.45) is 0 Å². The summed E-state index contributed by atoms with van der Waals surface area (Å²) >= 11 is 0. The van der Waals surface area contributed by atoms with Gasteiger partial charge in [-0.2, -0.15) is 0 Å². The molecule has 0 atom stereocenters. The molecule has 6 heteroatoms. The lowest BCUT2D eigenvalue weighted by molar-refractivity contribution is -0.157. The maximum atomic E-state index is 12.9. The zero-order valence-electron chi connectivity index (χ0n) is 19.4. The predicted octanol–water partition coefficient (Wildman–Crippen LogP) is 5.15. The van der Waals surface area contributed by atoms with E-state index in [1.807, 2.05) is 68.4 Å². The highest BCUT2D eigenvalue weighted by Crippen LogP contribution is 2.25. The van der Waals surface area contributed by atoms with E-state index in [1.165, 1.54) is 0 Å². The summed E-state index contributed by atoms with van der Waals surface area (Å²) in [5.41, 5.74) is 1.78. The van der Waals surface area contributed by atoms with Crippen LogP contribution in [0, 0.1) is 0 Å². The van der Waals surface area contributed by atoms with Crippen molar-refractivity contribution >= 4 is 17.6 Å². The van der Waals surface area contributed by atoms with Gasteiger partial charge < -0.3 is 19.1 Å². The third-order valence-corrected chi connectivity index (χ3v) is 4.81. The fourth-order valence-corrected chi connectivity index (χ4v) is 3.14. The van der Waals surface area contributed by atoms with Crippen LogP contribution < -0.4 is 9.64 Å². The van der Waals surface area contributed by atoms with E-state index in [-0.39, 0.29) is 13.2 Å². The fourth-order valence-electron chi connectivity index (χ4n) is 3.14. The topological polar surface area (TPSA) is 65.1 Å². The average Bonchev–Trinajstić information content (AvgIpc) is 2.83. The third kappa shape index (κ3) is 7.91. The molecule has 0 radical (unpaired) electrons. The number of benzene rings is 2. The van der Waals surface area contributed by atoms with Gasteiger partial charge in [-0.25, -0.2) is 9.59 Å². The normalized spacial score (nSPS) is 10.6. The molecule has 174 valence electrons. The molecular formula is C26H35NO5. The van der Waals surface area contributed by atoms with Crippen LogP contribution in [0.25, 0.3) is 0 Å². The van der Waals surface area contributed by atoms with Gasteiger partial charge in [-0.15, -0.1) is 0 Å². The first-order valence-electron chi connectivity index (χ1n) is 11.5. The molecule has 0 unspecified atom stereocenters. The van der Waals surface area contributed by atoms with Crippen molar-refractivity contribution in [1.82, 2.24) is 0 Å². The van der Waals surface area contributed by atoms with Crippen LogP contribution >= 0.6 is 0 Å². The number of anilines is 1. The van der Waals surface area contributed by atoms with Gasteiger partial charge in [0, 0.05) is 18.3 Å². The minimum atomic E-state index is -1.15. The Balaban J connectivity index is 2.29. The number of nitrogens with zero attached hydrogens (tertiary/aromatic N) is 1. The summed E-state index contributed by atoms with van der Waals surface area (Å²) in [6, 6.07) is 16.2. The van der Waals surface area contributed by atoms with Gasteiger partial charge in [0.15, 0.2) is 0 Å². The molecule has 2 aromatic rings. The van der Waals surface area contributed by atoms with Gasteiger partial charge >= 0.3 is 11.9 Å². The molecule has 0 bridgehead atoms. The Hall–Kier alpha value is -3.02. The summed E-state index contributed by atoms with van der Waals surface area (Å²) in [5.74, 6) is -0.505. The van der Waals surface area contributed by atoms with Gasteiger partial charge in [-0.05, 0) is 37.0 Å². The van der Waals surface area contributed by atoms with E-state index in [0.717, 1.165) is 24.1 Å². The molecule has 32 heavy (non-hydrogen) atoms. The molecular weight excluding hydrogens is 406 g/mol. The molecule has 2 rings (SSSR count). The highest BCUT2D eigenvalue weighted by Gasteiger charge is 2.36. The minimum Gasteiger partial charge on any atom is -0.489 e. The van der Waals surface area contributed by atoms with Crippen molar-refractivity contribution in [2.45, 2.75) is 59.1 Å². The highest BCUT2D eigenvalue weighted by molar-refractivity contribution is 6.02. The molecule has 0 saturated carbocycles. The van der Waals surface area contributed by atoms with Crippen LogP contribution in [0.1, 0.15) is 52.0 Å². The van der Waals surface area contributed by atoms with Crippen molar-refractivity contribution < 1.29 is 23.8 Å². The Morgan fingerprint density at radius 1 is 0.844 bits per heavy atom. The van der Waals surface area contributed by atoms with E-state index >= 15 is 0 Å². The lowest BCUT2D eigenvalue weighted by atomic mass is 10.1. The molecule has 0 heterocycles. The van der Waals surface area contributed by atoms with E-state index < -0.39 is 18.0 Å². The molecule has 0 aliphatic rings. The van der Waals surface area contributed by atoms with Crippen LogP contribution in [-0.2, 0) is 25.7 Å². The number of ether oxygens (including phenoxy) is 3. The summed E-state index contributed by atoms with van der Waals surface area (Å²) < 4.78 is 16.7. The molecule has 0 amide bonds. The van der Waals surface area contributed by atoms with Crippen LogP contribution in [0.4, 0.5) is 5.69 Å². The smallest absolute Gasteiger partial charge is 0.340 e. The van der Waals surface area contributed by atoms with E-state index in [0.29, 0.717) is 31.7 Å². The molecule has 2 aromatic carbocycles. The maximum Gasteiger partial charge on any atom is 0.340 e. The summed E-state index contributed by atoms with van der Waals surface area (Å²) in [4.78, 5) is 27.5. The molecule has 0 saturated heterocycles. The Kier molecular flexibility index (Phi) is 11.1. The zero-order chi connectivity index (χ0) is 23.2. The highest BCUT2D eigenvalue weighted by atomic mass is 16.6. The van der Waals surface area contributed by atoms with Crippen molar-refractivity contribution in [2.75, 3.05) is 24.7 Å². The number of hydrogen-bond acceptors (Lipinski definition) is 6. The Labute approximate surface area is 191 Å². The first-order chi connectivity index (χ1) is 15.6. The van der Waals surface area contributed by atoms with E-state index in [4.69, 9.17) is 14.2 Å². The van der Waals surface area contributed by atoms with Crippen LogP contribution in [-0.4, -0.2) is 37.7 Å². The number of rotatable bonds is 14. The van der Waals surface area contributed by atoms with Gasteiger partial charge in [-0.3, -0.25) is 0 Å². The largest absolute Gasteiger partial charge is 0.489 e. The van der Waals surface area contributed by atoms with Gasteiger partial charge in [0.2, 0.25) is 6.04 Å². The van der Waals surface area contributed by atoms with Gasteiger partial charge in [0.05, 0.1) is 13.2 Å². The second-order valence-corrected chi connectivity index (χ2v) is 7.56. The van der Waals surface area contributed by atoms with Gasteiger partial charge in [0.25, 0.3) is 0 Å². The van der Waals surface area contributed by atoms with E-state index in [1.54, 1.807) is 4.90 Å².